The van der Waals surface area contributed by atoms with Gasteiger partial charge in [0.05, 0.1) is 0 Å². The van der Waals surface area contributed by atoms with Crippen molar-refractivity contribution in [2.75, 3.05) is 0 Å². The first kappa shape index (κ1) is 21.2. The molecule has 0 amide bonds. The van der Waals surface area contributed by atoms with Crippen molar-refractivity contribution in [2.24, 2.45) is 23.7 Å². The van der Waals surface area contributed by atoms with Gasteiger partial charge in [-0.2, -0.15) is 0 Å². The van der Waals surface area contributed by atoms with Gasteiger partial charge in [0.25, 0.3) is 0 Å². The van der Waals surface area contributed by atoms with Crippen LogP contribution in [-0.4, -0.2) is 0 Å². The van der Waals surface area contributed by atoms with Gasteiger partial charge in [-0.3, -0.25) is 0 Å². The van der Waals surface area contributed by atoms with E-state index in [2.05, 4.69) is 62.1 Å². The second kappa shape index (κ2) is 11.5. The molecule has 0 atom stereocenters. The van der Waals surface area contributed by atoms with Crippen molar-refractivity contribution in [1.29, 1.82) is 0 Å². The molecule has 1 aromatic rings. The van der Waals surface area contributed by atoms with Crippen molar-refractivity contribution in [2.45, 2.75) is 90.9 Å². The van der Waals surface area contributed by atoms with Crippen molar-refractivity contribution in [3.05, 3.63) is 47.5 Å². The second-order valence-corrected chi connectivity index (χ2v) is 9.33. The van der Waals surface area contributed by atoms with Crippen molar-refractivity contribution in [1.82, 2.24) is 0 Å². The Labute approximate surface area is 174 Å². The van der Waals surface area contributed by atoms with Crippen LogP contribution >= 0.6 is 0 Å². The fourth-order valence-electron chi connectivity index (χ4n) is 5.20. The molecule has 0 radical (unpaired) electrons. The Balaban J connectivity index is 1.33. The minimum absolute atomic E-state index is 0.757. The summed E-state index contributed by atoms with van der Waals surface area (Å²) < 4.78 is 0. The van der Waals surface area contributed by atoms with E-state index in [4.69, 9.17) is 0 Å². The Bertz CT molecular complexity index is 638. The van der Waals surface area contributed by atoms with E-state index in [1.165, 1.54) is 76.2 Å². The van der Waals surface area contributed by atoms with Gasteiger partial charge in [-0.25, -0.2) is 0 Å². The SMILES string of the molecule is CCc1ccc(C#C/C=C/C2CCC(CCC3CCC(CC)CC3)CC2)cc1. The fourth-order valence-corrected chi connectivity index (χ4v) is 5.20. The first-order valence-electron chi connectivity index (χ1n) is 12.0. The topological polar surface area (TPSA) is 0 Å². The molecule has 0 heterocycles. The Morgan fingerprint density at radius 2 is 1.36 bits per heavy atom. The first-order valence-corrected chi connectivity index (χ1v) is 12.0. The van der Waals surface area contributed by atoms with Gasteiger partial charge in [-0.15, -0.1) is 0 Å². The number of allylic oxidation sites excluding steroid dienone is 2. The lowest BCUT2D eigenvalue weighted by atomic mass is 9.75. The van der Waals surface area contributed by atoms with Gasteiger partial charge in [-0.05, 0) is 79.5 Å². The predicted octanol–water partition coefficient (Wildman–Crippen LogP) is 7.96. The quantitative estimate of drug-likeness (QED) is 0.442. The largest absolute Gasteiger partial charge is 0.0730 e. The van der Waals surface area contributed by atoms with E-state index in [-0.39, 0.29) is 0 Å². The number of benzene rings is 1. The van der Waals surface area contributed by atoms with Crippen LogP contribution in [0.5, 0.6) is 0 Å². The molecule has 0 aliphatic heterocycles. The van der Waals surface area contributed by atoms with Crippen LogP contribution in [0, 0.1) is 35.5 Å². The Morgan fingerprint density at radius 1 is 0.786 bits per heavy atom. The van der Waals surface area contributed by atoms with Crippen LogP contribution in [0.3, 0.4) is 0 Å². The minimum Gasteiger partial charge on any atom is -0.0730 e. The first-order chi connectivity index (χ1) is 13.8. The molecule has 0 spiro atoms. The maximum absolute atomic E-state index is 3.27. The molecule has 0 saturated heterocycles. The van der Waals surface area contributed by atoms with Crippen LogP contribution in [0.15, 0.2) is 36.4 Å². The molecule has 2 saturated carbocycles. The lowest BCUT2D eigenvalue weighted by molar-refractivity contribution is 0.224. The fraction of sp³-hybridized carbons (Fsp3) is 0.643. The summed E-state index contributed by atoms with van der Waals surface area (Å²) in [5.41, 5.74) is 2.50. The zero-order chi connectivity index (χ0) is 19.6. The van der Waals surface area contributed by atoms with Crippen LogP contribution in [-0.2, 0) is 6.42 Å². The van der Waals surface area contributed by atoms with Crippen LogP contribution in [0.25, 0.3) is 0 Å². The van der Waals surface area contributed by atoms with Gasteiger partial charge in [0.15, 0.2) is 0 Å². The summed E-state index contributed by atoms with van der Waals surface area (Å²) in [4.78, 5) is 0. The number of aryl methyl sites for hydroxylation is 1. The molecule has 2 fully saturated rings. The van der Waals surface area contributed by atoms with Crippen molar-refractivity contribution >= 4 is 0 Å². The maximum atomic E-state index is 3.27. The third-order valence-corrected chi connectivity index (χ3v) is 7.45. The Morgan fingerprint density at radius 3 is 1.93 bits per heavy atom. The van der Waals surface area contributed by atoms with Crippen molar-refractivity contribution in [3.63, 3.8) is 0 Å². The van der Waals surface area contributed by atoms with Crippen LogP contribution < -0.4 is 0 Å². The van der Waals surface area contributed by atoms with Gasteiger partial charge in [0.2, 0.25) is 0 Å². The van der Waals surface area contributed by atoms with E-state index in [0.717, 1.165) is 35.7 Å². The molecule has 2 aliphatic carbocycles. The molecule has 2 aliphatic rings. The average molecular weight is 377 g/mol. The van der Waals surface area contributed by atoms with Crippen LogP contribution in [0.1, 0.15) is 95.6 Å². The summed E-state index contributed by atoms with van der Waals surface area (Å²) in [6.07, 6.45) is 21.6. The predicted molar refractivity (Wildman–Crippen MR) is 122 cm³/mol. The highest BCUT2D eigenvalue weighted by atomic mass is 14.3. The van der Waals surface area contributed by atoms with Gasteiger partial charge in [0, 0.05) is 5.56 Å². The highest BCUT2D eigenvalue weighted by Gasteiger charge is 2.23. The van der Waals surface area contributed by atoms with E-state index in [1.807, 2.05) is 0 Å². The Hall–Kier alpha value is -1.48. The monoisotopic (exact) mass is 376 g/mol. The lowest BCUT2D eigenvalue weighted by Crippen LogP contribution is -2.17. The van der Waals surface area contributed by atoms with Crippen LogP contribution in [0.2, 0.25) is 0 Å². The molecule has 0 aromatic heterocycles. The molecule has 152 valence electrons. The zero-order valence-corrected chi connectivity index (χ0v) is 18.3. The number of hydrogen-bond donors (Lipinski definition) is 0. The molecule has 0 bridgehead atoms. The van der Waals surface area contributed by atoms with E-state index in [9.17, 15) is 0 Å². The normalized spacial score (nSPS) is 28.1. The number of rotatable bonds is 6. The van der Waals surface area contributed by atoms with Gasteiger partial charge in [0.1, 0.15) is 0 Å². The zero-order valence-electron chi connectivity index (χ0n) is 18.3. The summed E-state index contributed by atoms with van der Waals surface area (Å²) in [5.74, 6) is 10.4. The molecule has 1 aromatic carbocycles. The van der Waals surface area contributed by atoms with E-state index in [0.29, 0.717) is 0 Å². The third kappa shape index (κ3) is 6.84. The summed E-state index contributed by atoms with van der Waals surface area (Å²) in [6, 6.07) is 8.65. The van der Waals surface area contributed by atoms with E-state index >= 15 is 0 Å². The van der Waals surface area contributed by atoms with E-state index in [1.54, 1.807) is 0 Å². The molecular formula is C28H40. The number of hydrogen-bond acceptors (Lipinski definition) is 0. The van der Waals surface area contributed by atoms with Crippen LogP contribution in [0.4, 0.5) is 0 Å². The average Bonchev–Trinajstić information content (AvgIpc) is 2.77. The smallest absolute Gasteiger partial charge is 0.0249 e. The van der Waals surface area contributed by atoms with Gasteiger partial charge >= 0.3 is 0 Å². The van der Waals surface area contributed by atoms with Gasteiger partial charge < -0.3 is 0 Å². The molecule has 28 heavy (non-hydrogen) atoms. The molecule has 0 nitrogen and oxygen atoms in total. The second-order valence-electron chi connectivity index (χ2n) is 9.33. The maximum Gasteiger partial charge on any atom is 0.0249 e. The minimum atomic E-state index is 0.757. The van der Waals surface area contributed by atoms with Gasteiger partial charge in [-0.1, -0.05) is 88.8 Å². The summed E-state index contributed by atoms with van der Waals surface area (Å²) in [5, 5.41) is 0. The molecular weight excluding hydrogens is 336 g/mol. The highest BCUT2D eigenvalue weighted by Crippen LogP contribution is 2.37. The lowest BCUT2D eigenvalue weighted by Gasteiger charge is -2.31. The van der Waals surface area contributed by atoms with E-state index < -0.39 is 0 Å². The Kier molecular flexibility index (Phi) is 8.72. The summed E-state index contributed by atoms with van der Waals surface area (Å²) in [7, 11) is 0. The summed E-state index contributed by atoms with van der Waals surface area (Å²) >= 11 is 0. The van der Waals surface area contributed by atoms with Crippen molar-refractivity contribution < 1.29 is 0 Å². The third-order valence-electron chi connectivity index (χ3n) is 7.45. The van der Waals surface area contributed by atoms with Crippen molar-refractivity contribution in [3.8, 4) is 11.8 Å². The summed E-state index contributed by atoms with van der Waals surface area (Å²) in [6.45, 7) is 4.56. The molecule has 0 unspecified atom stereocenters. The molecule has 3 rings (SSSR count). The molecule has 0 heteroatoms. The highest BCUT2D eigenvalue weighted by molar-refractivity contribution is 5.38. The molecule has 0 N–H and O–H groups in total. The standard InChI is InChI=1S/C28H40/c1-3-23-9-13-25(14-10-23)7-5-6-8-26-17-19-28(20-18-26)22-21-27-15-11-24(4-2)12-16-27/h6,8-10,13-14,24,26-28H,3-4,11-12,15-22H2,1-2H3/b8-6+.